The maximum Gasteiger partial charge on any atom is 0.252 e. The molecule has 0 bridgehead atoms. The zero-order chi connectivity index (χ0) is 19.4. The average molecular weight is 370 g/mol. The van der Waals surface area contributed by atoms with Gasteiger partial charge in [0, 0.05) is 16.8 Å². The summed E-state index contributed by atoms with van der Waals surface area (Å²) >= 11 is 0. The Bertz CT molecular complexity index is 819. The minimum Gasteiger partial charge on any atom is -0.496 e. The van der Waals surface area contributed by atoms with E-state index < -0.39 is 5.91 Å². The molecule has 1 atom stereocenters. The molecule has 0 radical (unpaired) electrons. The van der Waals surface area contributed by atoms with Crippen molar-refractivity contribution >= 4 is 16.7 Å². The number of nitrogens with two attached hydrogens (primary N) is 1. The van der Waals surface area contributed by atoms with E-state index in [-0.39, 0.29) is 0 Å². The first-order chi connectivity index (χ1) is 13.1. The van der Waals surface area contributed by atoms with Gasteiger partial charge in [0.25, 0.3) is 5.91 Å². The second-order valence-electron chi connectivity index (χ2n) is 7.25. The number of carbonyl (C=O) groups excluding carboxylic acids is 1. The molecule has 1 amide bonds. The summed E-state index contributed by atoms with van der Waals surface area (Å²) in [7, 11) is 3.25. The predicted octanol–water partition coefficient (Wildman–Crippen LogP) is 3.76. The monoisotopic (exact) mass is 370 g/mol. The topological polar surface area (TPSA) is 64.8 Å². The maximum atomic E-state index is 12.3. The van der Waals surface area contributed by atoms with Crippen LogP contribution in [0.3, 0.4) is 0 Å². The van der Waals surface area contributed by atoms with E-state index in [0.717, 1.165) is 48.0 Å². The van der Waals surface area contributed by atoms with Crippen molar-refractivity contribution in [2.75, 3.05) is 27.3 Å². The highest BCUT2D eigenvalue weighted by molar-refractivity contribution is 6.06. The van der Waals surface area contributed by atoms with Crippen LogP contribution in [0.5, 0.6) is 11.5 Å². The van der Waals surface area contributed by atoms with Gasteiger partial charge in [-0.3, -0.25) is 4.79 Å². The molecular formula is C22H30N2O3. The first-order valence-electron chi connectivity index (χ1n) is 9.81. The number of hydrogen-bond acceptors (Lipinski definition) is 4. The van der Waals surface area contributed by atoms with Crippen LogP contribution < -0.4 is 15.2 Å². The maximum absolute atomic E-state index is 12.3. The second kappa shape index (κ2) is 8.61. The average Bonchev–Trinajstić information content (AvgIpc) is 3.11. The summed E-state index contributed by atoms with van der Waals surface area (Å²) in [4.78, 5) is 14.9. The Morgan fingerprint density at radius 1 is 1.26 bits per heavy atom. The fourth-order valence-electron chi connectivity index (χ4n) is 4.27. The lowest BCUT2D eigenvalue weighted by Gasteiger charge is -2.26. The second-order valence-corrected chi connectivity index (χ2v) is 7.25. The van der Waals surface area contributed by atoms with Crippen molar-refractivity contribution in [3.8, 4) is 11.5 Å². The van der Waals surface area contributed by atoms with Crippen LogP contribution >= 0.6 is 0 Å². The van der Waals surface area contributed by atoms with Crippen LogP contribution in [0.15, 0.2) is 24.3 Å². The molecule has 0 aromatic heterocycles. The van der Waals surface area contributed by atoms with Crippen molar-refractivity contribution in [2.24, 2.45) is 5.73 Å². The molecule has 3 rings (SSSR count). The Balaban J connectivity index is 2.07. The number of primary amides is 1. The largest absolute Gasteiger partial charge is 0.496 e. The molecule has 1 fully saturated rings. The highest BCUT2D eigenvalue weighted by atomic mass is 16.5. The highest BCUT2D eigenvalue weighted by Crippen LogP contribution is 2.38. The van der Waals surface area contributed by atoms with E-state index in [1.54, 1.807) is 14.2 Å². The molecule has 1 aliphatic heterocycles. The summed E-state index contributed by atoms with van der Waals surface area (Å²) in [5.74, 6) is 0.883. The van der Waals surface area contributed by atoms with E-state index in [1.165, 1.54) is 19.3 Å². The molecule has 5 nitrogen and oxygen atoms in total. The molecule has 0 aliphatic carbocycles. The number of amides is 1. The summed E-state index contributed by atoms with van der Waals surface area (Å²) in [6.45, 7) is 4.46. The molecule has 1 aliphatic rings. The van der Waals surface area contributed by atoms with Gasteiger partial charge in [-0.1, -0.05) is 25.5 Å². The zero-order valence-corrected chi connectivity index (χ0v) is 16.6. The highest BCUT2D eigenvalue weighted by Gasteiger charge is 2.27. The van der Waals surface area contributed by atoms with Gasteiger partial charge >= 0.3 is 0 Å². The quantitative estimate of drug-likeness (QED) is 0.768. The van der Waals surface area contributed by atoms with Crippen LogP contribution in [0.4, 0.5) is 0 Å². The van der Waals surface area contributed by atoms with E-state index in [9.17, 15) is 4.79 Å². The lowest BCUT2D eigenvalue weighted by Crippen LogP contribution is -2.32. The summed E-state index contributed by atoms with van der Waals surface area (Å²) in [5.41, 5.74) is 7.23. The Morgan fingerprint density at radius 3 is 2.74 bits per heavy atom. The summed E-state index contributed by atoms with van der Waals surface area (Å²) in [5, 5.41) is 1.80. The number of benzene rings is 2. The third-order valence-corrected chi connectivity index (χ3v) is 5.60. The summed E-state index contributed by atoms with van der Waals surface area (Å²) in [6.07, 6.45) is 5.54. The van der Waals surface area contributed by atoms with E-state index in [4.69, 9.17) is 15.2 Å². The molecule has 1 unspecified atom stereocenters. The number of methoxy groups -OCH3 is 2. The number of ether oxygens (including phenoxy) is 2. The standard InChI is InChI=1S/C22H30N2O3/c1-4-5-11-24-12-7-8-16(24)13-15-14-18-17(9-6-10-19(18)26-2)21(27-3)20(15)22(23)25/h6,9-10,14,16H,4-5,7-8,11-13H2,1-3H3,(H2,23,25). The van der Waals surface area contributed by atoms with Crippen molar-refractivity contribution in [3.63, 3.8) is 0 Å². The first kappa shape index (κ1) is 19.5. The molecule has 1 heterocycles. The van der Waals surface area contributed by atoms with E-state index in [0.29, 0.717) is 17.4 Å². The van der Waals surface area contributed by atoms with Gasteiger partial charge in [0.1, 0.15) is 11.5 Å². The van der Waals surface area contributed by atoms with Crippen LogP contribution in [-0.2, 0) is 6.42 Å². The molecule has 2 aromatic rings. The number of carbonyl (C=O) groups is 1. The minimum atomic E-state index is -0.440. The third-order valence-electron chi connectivity index (χ3n) is 5.60. The molecule has 1 saturated heterocycles. The van der Waals surface area contributed by atoms with Gasteiger partial charge in [0.05, 0.1) is 19.8 Å². The van der Waals surface area contributed by atoms with Crippen LogP contribution in [0.1, 0.15) is 48.5 Å². The van der Waals surface area contributed by atoms with E-state index in [2.05, 4.69) is 17.9 Å². The number of unbranched alkanes of at least 4 members (excludes halogenated alkanes) is 1. The fourth-order valence-corrected chi connectivity index (χ4v) is 4.27. The van der Waals surface area contributed by atoms with Gasteiger partial charge < -0.3 is 20.1 Å². The molecule has 2 aromatic carbocycles. The lowest BCUT2D eigenvalue weighted by atomic mass is 9.93. The summed E-state index contributed by atoms with van der Waals surface area (Å²) in [6, 6.07) is 8.27. The molecule has 5 heteroatoms. The number of hydrogen-bond donors (Lipinski definition) is 1. The fraction of sp³-hybridized carbons (Fsp3) is 0.500. The smallest absolute Gasteiger partial charge is 0.252 e. The van der Waals surface area contributed by atoms with E-state index in [1.807, 2.05) is 18.2 Å². The minimum absolute atomic E-state index is 0.437. The number of fused-ring (bicyclic) bond motifs is 1. The van der Waals surface area contributed by atoms with Crippen molar-refractivity contribution in [1.82, 2.24) is 4.90 Å². The van der Waals surface area contributed by atoms with Crippen molar-refractivity contribution in [1.29, 1.82) is 0 Å². The normalized spacial score (nSPS) is 17.4. The Morgan fingerprint density at radius 2 is 2.07 bits per heavy atom. The van der Waals surface area contributed by atoms with Gasteiger partial charge in [-0.05, 0) is 56.5 Å². The third kappa shape index (κ3) is 3.88. The summed E-state index contributed by atoms with van der Waals surface area (Å²) < 4.78 is 11.2. The van der Waals surface area contributed by atoms with Crippen LogP contribution in [0.25, 0.3) is 10.8 Å². The van der Waals surface area contributed by atoms with Crippen molar-refractivity contribution < 1.29 is 14.3 Å². The Hall–Kier alpha value is -2.27. The Labute approximate surface area is 161 Å². The van der Waals surface area contributed by atoms with Crippen molar-refractivity contribution in [3.05, 3.63) is 35.4 Å². The van der Waals surface area contributed by atoms with Crippen LogP contribution in [0, 0.1) is 0 Å². The number of rotatable bonds is 8. The zero-order valence-electron chi connectivity index (χ0n) is 16.6. The van der Waals surface area contributed by atoms with Gasteiger partial charge in [-0.15, -0.1) is 0 Å². The number of nitrogens with zero attached hydrogens (tertiary/aromatic N) is 1. The molecule has 146 valence electrons. The van der Waals surface area contributed by atoms with Gasteiger partial charge in [-0.25, -0.2) is 0 Å². The molecule has 27 heavy (non-hydrogen) atoms. The first-order valence-corrected chi connectivity index (χ1v) is 9.81. The van der Waals surface area contributed by atoms with Crippen molar-refractivity contribution in [2.45, 2.75) is 45.1 Å². The van der Waals surface area contributed by atoms with Crippen LogP contribution in [-0.4, -0.2) is 44.2 Å². The Kier molecular flexibility index (Phi) is 6.22. The van der Waals surface area contributed by atoms with Gasteiger partial charge in [-0.2, -0.15) is 0 Å². The molecule has 2 N–H and O–H groups in total. The molecule has 0 spiro atoms. The predicted molar refractivity (Wildman–Crippen MR) is 109 cm³/mol. The van der Waals surface area contributed by atoms with Crippen LogP contribution in [0.2, 0.25) is 0 Å². The van der Waals surface area contributed by atoms with E-state index >= 15 is 0 Å². The SMILES string of the molecule is CCCCN1CCCC1Cc1cc2c(OC)cccc2c(OC)c1C(N)=O. The lowest BCUT2D eigenvalue weighted by molar-refractivity contribution is 0.0996. The number of likely N-dealkylation sites (tertiary alicyclic amines) is 1. The molecule has 0 saturated carbocycles. The van der Waals surface area contributed by atoms with Gasteiger partial charge in [0.2, 0.25) is 0 Å². The van der Waals surface area contributed by atoms with Gasteiger partial charge in [0.15, 0.2) is 0 Å². The molecular weight excluding hydrogens is 340 g/mol.